The van der Waals surface area contributed by atoms with Gasteiger partial charge in [-0.25, -0.2) is 0 Å². The summed E-state index contributed by atoms with van der Waals surface area (Å²) in [6, 6.07) is 25.5. The van der Waals surface area contributed by atoms with Crippen LogP contribution in [-0.2, 0) is 4.79 Å². The van der Waals surface area contributed by atoms with Crippen LogP contribution in [0.4, 0.5) is 11.4 Å². The molecular weight excluding hydrogens is 500 g/mol. The lowest BCUT2D eigenvalue weighted by atomic mass is 10.0. The first-order valence-corrected chi connectivity index (χ1v) is 13.4. The largest absolute Gasteiger partial charge is 0.452 e. The standard InChI is InChI=1S/C29H28N4O2S2/c1-18(2)28(34)31-22-13-12-20(17-19(22)3)33-27(26(32-29(33)36)23-11-7-8-16-30-23)24-14-15-25(35-24)37-21-9-5-4-6-10-21/h4-18,26-27H,1-3H3,(H,31,34)(H,32,36)/t26-,27-/m1/s1. The smallest absolute Gasteiger partial charge is 0.226 e. The number of amides is 1. The van der Waals surface area contributed by atoms with E-state index in [0.29, 0.717) is 5.11 Å². The lowest BCUT2D eigenvalue weighted by molar-refractivity contribution is -0.118. The van der Waals surface area contributed by atoms with Crippen molar-refractivity contribution in [3.8, 4) is 0 Å². The minimum absolute atomic E-state index is 0.0127. The van der Waals surface area contributed by atoms with E-state index in [1.54, 1.807) is 18.0 Å². The first-order valence-electron chi connectivity index (χ1n) is 12.2. The van der Waals surface area contributed by atoms with Crippen molar-refractivity contribution in [3.05, 3.63) is 102 Å². The summed E-state index contributed by atoms with van der Waals surface area (Å²) in [6.07, 6.45) is 1.79. The molecule has 188 valence electrons. The van der Waals surface area contributed by atoms with Crippen LogP contribution in [0.25, 0.3) is 0 Å². The second-order valence-electron chi connectivity index (χ2n) is 9.21. The molecule has 5 rings (SSSR count). The molecular formula is C29H28N4O2S2. The number of pyridine rings is 1. The zero-order valence-corrected chi connectivity index (χ0v) is 22.5. The van der Waals surface area contributed by atoms with Crippen LogP contribution in [-0.4, -0.2) is 16.0 Å². The highest BCUT2D eigenvalue weighted by atomic mass is 32.2. The number of thiocarbonyl (C=S) groups is 1. The van der Waals surface area contributed by atoms with Gasteiger partial charge >= 0.3 is 0 Å². The van der Waals surface area contributed by atoms with E-state index >= 15 is 0 Å². The Morgan fingerprint density at radius 3 is 2.57 bits per heavy atom. The number of nitrogens with one attached hydrogen (secondary N) is 2. The first kappa shape index (κ1) is 25.0. The fraction of sp³-hybridized carbons (Fsp3) is 0.207. The van der Waals surface area contributed by atoms with E-state index in [1.807, 2.05) is 87.5 Å². The highest BCUT2D eigenvalue weighted by Gasteiger charge is 2.42. The van der Waals surface area contributed by atoms with Crippen molar-refractivity contribution in [1.29, 1.82) is 0 Å². The molecule has 8 heteroatoms. The van der Waals surface area contributed by atoms with E-state index in [2.05, 4.69) is 32.7 Å². The lowest BCUT2D eigenvalue weighted by Gasteiger charge is -2.27. The molecule has 0 aliphatic carbocycles. The summed E-state index contributed by atoms with van der Waals surface area (Å²) in [5, 5.41) is 7.87. The third-order valence-corrected chi connectivity index (χ3v) is 7.47. The maximum absolute atomic E-state index is 12.3. The number of hydrogen-bond donors (Lipinski definition) is 2. The molecule has 4 aromatic rings. The van der Waals surface area contributed by atoms with Crippen LogP contribution in [0.15, 0.2) is 99.5 Å². The van der Waals surface area contributed by atoms with E-state index in [-0.39, 0.29) is 23.9 Å². The number of rotatable bonds is 7. The number of aromatic nitrogens is 1. The average Bonchev–Trinajstić information content (AvgIpc) is 3.50. The van der Waals surface area contributed by atoms with E-state index < -0.39 is 0 Å². The van der Waals surface area contributed by atoms with Gasteiger partial charge in [0.15, 0.2) is 10.2 Å². The second-order valence-corrected chi connectivity index (χ2v) is 10.7. The zero-order chi connectivity index (χ0) is 25.9. The molecule has 0 radical (unpaired) electrons. The fourth-order valence-corrected chi connectivity index (χ4v) is 5.44. The van der Waals surface area contributed by atoms with E-state index in [0.717, 1.165) is 38.4 Å². The maximum atomic E-state index is 12.3. The van der Waals surface area contributed by atoms with Gasteiger partial charge in [-0.15, -0.1) is 0 Å². The van der Waals surface area contributed by atoms with Crippen LogP contribution in [0.2, 0.25) is 0 Å². The summed E-state index contributed by atoms with van der Waals surface area (Å²) in [6.45, 7) is 5.74. The Morgan fingerprint density at radius 1 is 1.08 bits per heavy atom. The van der Waals surface area contributed by atoms with Gasteiger partial charge in [-0.05, 0) is 79.3 Å². The number of carbonyl (C=O) groups is 1. The molecule has 0 saturated carbocycles. The third kappa shape index (κ3) is 5.40. The van der Waals surface area contributed by atoms with Gasteiger partial charge in [-0.1, -0.05) is 49.9 Å². The van der Waals surface area contributed by atoms with Gasteiger partial charge in [-0.2, -0.15) is 0 Å². The van der Waals surface area contributed by atoms with Gasteiger partial charge in [-0.3, -0.25) is 9.78 Å². The van der Waals surface area contributed by atoms with Gasteiger partial charge in [0.25, 0.3) is 0 Å². The number of benzene rings is 2. The molecule has 1 amide bonds. The van der Waals surface area contributed by atoms with Crippen molar-refractivity contribution in [3.63, 3.8) is 0 Å². The quantitative estimate of drug-likeness (QED) is 0.253. The van der Waals surface area contributed by atoms with Gasteiger partial charge < -0.3 is 20.0 Å². The predicted molar refractivity (Wildman–Crippen MR) is 152 cm³/mol. The minimum atomic E-state index is -0.247. The number of hydrogen-bond acceptors (Lipinski definition) is 5. The molecule has 2 atom stereocenters. The Labute approximate surface area is 226 Å². The Balaban J connectivity index is 1.50. The van der Waals surface area contributed by atoms with Gasteiger partial charge in [0.2, 0.25) is 5.91 Å². The summed E-state index contributed by atoms with van der Waals surface area (Å²) in [4.78, 5) is 20.0. The molecule has 1 saturated heterocycles. The van der Waals surface area contributed by atoms with Crippen molar-refractivity contribution in [2.45, 2.75) is 42.8 Å². The molecule has 1 aliphatic heterocycles. The number of furan rings is 1. The molecule has 2 aromatic carbocycles. The SMILES string of the molecule is Cc1cc(N2C(=S)N[C@H](c3ccccn3)[C@H]2c2ccc(Sc3ccccc3)o2)ccc1NC(=O)C(C)C. The average molecular weight is 529 g/mol. The molecule has 2 N–H and O–H groups in total. The van der Waals surface area contributed by atoms with Crippen molar-refractivity contribution in [2.75, 3.05) is 10.2 Å². The summed E-state index contributed by atoms with van der Waals surface area (Å²) in [5.74, 6) is 0.678. The van der Waals surface area contributed by atoms with Crippen LogP contribution >= 0.6 is 24.0 Å². The molecule has 1 aliphatic rings. The predicted octanol–water partition coefficient (Wildman–Crippen LogP) is 6.91. The molecule has 0 unspecified atom stereocenters. The van der Waals surface area contributed by atoms with E-state index in [9.17, 15) is 4.79 Å². The molecule has 2 aromatic heterocycles. The third-order valence-electron chi connectivity index (χ3n) is 6.22. The number of nitrogens with zero attached hydrogens (tertiary/aromatic N) is 2. The molecule has 37 heavy (non-hydrogen) atoms. The van der Waals surface area contributed by atoms with E-state index in [4.69, 9.17) is 16.6 Å². The lowest BCUT2D eigenvalue weighted by Crippen LogP contribution is -2.29. The zero-order valence-electron chi connectivity index (χ0n) is 20.8. The Bertz CT molecular complexity index is 1410. The summed E-state index contributed by atoms with van der Waals surface area (Å²) in [5.41, 5.74) is 3.53. The summed E-state index contributed by atoms with van der Waals surface area (Å²) >= 11 is 7.42. The molecule has 0 bridgehead atoms. The van der Waals surface area contributed by atoms with Crippen molar-refractivity contribution >= 4 is 46.4 Å². The minimum Gasteiger partial charge on any atom is -0.452 e. The van der Waals surface area contributed by atoms with Crippen molar-refractivity contribution in [2.24, 2.45) is 5.92 Å². The number of aryl methyl sites for hydroxylation is 1. The number of anilines is 2. The first-order chi connectivity index (χ1) is 17.9. The topological polar surface area (TPSA) is 70.4 Å². The van der Waals surface area contributed by atoms with E-state index in [1.165, 1.54) is 0 Å². The highest BCUT2D eigenvalue weighted by molar-refractivity contribution is 7.99. The number of carbonyl (C=O) groups excluding carboxylic acids is 1. The second kappa shape index (κ2) is 10.8. The fourth-order valence-electron chi connectivity index (χ4n) is 4.29. The van der Waals surface area contributed by atoms with Gasteiger partial charge in [0.05, 0.1) is 11.7 Å². The van der Waals surface area contributed by atoms with Gasteiger partial charge in [0.1, 0.15) is 11.8 Å². The Hall–Kier alpha value is -3.62. The molecule has 3 heterocycles. The van der Waals surface area contributed by atoms with Gasteiger partial charge in [0, 0.05) is 28.4 Å². The van der Waals surface area contributed by atoms with Crippen LogP contribution in [0.5, 0.6) is 0 Å². The molecule has 1 fully saturated rings. The monoisotopic (exact) mass is 528 g/mol. The molecule has 6 nitrogen and oxygen atoms in total. The summed E-state index contributed by atoms with van der Waals surface area (Å²) in [7, 11) is 0. The van der Waals surface area contributed by atoms with Crippen LogP contribution < -0.4 is 15.5 Å². The van der Waals surface area contributed by atoms with Crippen LogP contribution in [0, 0.1) is 12.8 Å². The highest BCUT2D eigenvalue weighted by Crippen LogP contribution is 2.44. The Morgan fingerprint density at radius 2 is 1.86 bits per heavy atom. The van der Waals surface area contributed by atoms with Crippen LogP contribution in [0.1, 0.15) is 42.9 Å². The van der Waals surface area contributed by atoms with Crippen molar-refractivity contribution < 1.29 is 9.21 Å². The Kier molecular flexibility index (Phi) is 7.30. The maximum Gasteiger partial charge on any atom is 0.226 e. The molecule has 0 spiro atoms. The van der Waals surface area contributed by atoms with Crippen LogP contribution in [0.3, 0.4) is 0 Å². The normalized spacial score (nSPS) is 17.2. The van der Waals surface area contributed by atoms with Crippen molar-refractivity contribution in [1.82, 2.24) is 10.3 Å². The summed E-state index contributed by atoms with van der Waals surface area (Å²) < 4.78 is 6.39.